The zero-order valence-electron chi connectivity index (χ0n) is 10.3. The highest BCUT2D eigenvalue weighted by Crippen LogP contribution is 2.53. The molecule has 0 aromatic heterocycles. The van der Waals surface area contributed by atoms with Crippen LogP contribution in [0.4, 0.5) is 18.9 Å². The summed E-state index contributed by atoms with van der Waals surface area (Å²) in [6, 6.07) is 2.32. The summed E-state index contributed by atoms with van der Waals surface area (Å²) < 4.78 is 39.2. The largest absolute Gasteiger partial charge is 0.416 e. The van der Waals surface area contributed by atoms with Gasteiger partial charge in [0.2, 0.25) is 0 Å². The molecule has 1 aromatic rings. The molecule has 18 heavy (non-hydrogen) atoms. The predicted molar refractivity (Wildman–Crippen MR) is 67.0 cm³/mol. The van der Waals surface area contributed by atoms with Gasteiger partial charge in [-0.25, -0.2) is 0 Å². The fourth-order valence-electron chi connectivity index (χ4n) is 2.46. The van der Waals surface area contributed by atoms with Gasteiger partial charge >= 0.3 is 6.18 Å². The first-order chi connectivity index (χ1) is 8.08. The maximum Gasteiger partial charge on any atom is 0.416 e. The van der Waals surface area contributed by atoms with Gasteiger partial charge in [-0.1, -0.05) is 32.0 Å². The smallest absolute Gasteiger partial charge is 0.346 e. The number of anilines is 1. The van der Waals surface area contributed by atoms with Crippen molar-refractivity contribution in [3.8, 4) is 0 Å². The van der Waals surface area contributed by atoms with E-state index in [0.717, 1.165) is 6.07 Å². The predicted octanol–water partition coefficient (Wildman–Crippen LogP) is 4.60. The van der Waals surface area contributed by atoms with Crippen molar-refractivity contribution in [2.45, 2.75) is 25.4 Å². The Morgan fingerprint density at radius 2 is 1.83 bits per heavy atom. The summed E-state index contributed by atoms with van der Waals surface area (Å²) >= 11 is 6.03. The minimum Gasteiger partial charge on any atom is -0.346 e. The van der Waals surface area contributed by atoms with Gasteiger partial charge in [0.15, 0.2) is 0 Å². The minimum absolute atomic E-state index is 0.204. The molecule has 0 radical (unpaired) electrons. The number of rotatable bonds is 0. The van der Waals surface area contributed by atoms with Crippen LogP contribution < -0.4 is 4.90 Å². The fourth-order valence-corrected chi connectivity index (χ4v) is 2.75. The Balaban J connectivity index is 2.85. The lowest BCUT2D eigenvalue weighted by Crippen LogP contribution is -2.23. The van der Waals surface area contributed by atoms with Crippen molar-refractivity contribution in [1.82, 2.24) is 0 Å². The van der Waals surface area contributed by atoms with Crippen molar-refractivity contribution in [3.63, 3.8) is 0 Å². The minimum atomic E-state index is -4.39. The molecule has 1 heterocycles. The van der Waals surface area contributed by atoms with Crippen molar-refractivity contribution < 1.29 is 13.2 Å². The normalized spacial score (nSPS) is 18.2. The molecule has 1 nitrogen and oxygen atoms in total. The van der Waals surface area contributed by atoms with E-state index in [4.69, 9.17) is 11.6 Å². The number of likely N-dealkylation sites (N-methyl/N-ethyl adjacent to an activating group) is 1. The van der Waals surface area contributed by atoms with Gasteiger partial charge in [0.25, 0.3) is 0 Å². The van der Waals surface area contributed by atoms with Gasteiger partial charge in [-0.05, 0) is 12.1 Å². The fraction of sp³-hybridized carbons (Fsp3) is 0.385. The summed E-state index contributed by atoms with van der Waals surface area (Å²) in [5.74, 6) is 0. The molecule has 0 fully saturated rings. The van der Waals surface area contributed by atoms with Gasteiger partial charge in [0.1, 0.15) is 0 Å². The summed E-state index contributed by atoms with van der Waals surface area (Å²) in [4.78, 5) is 1.63. The first-order valence-corrected chi connectivity index (χ1v) is 5.79. The molecule has 0 bridgehead atoms. The lowest BCUT2D eigenvalue weighted by molar-refractivity contribution is -0.138. The Morgan fingerprint density at radius 1 is 1.28 bits per heavy atom. The average molecular weight is 276 g/mol. The van der Waals surface area contributed by atoms with E-state index in [2.05, 4.69) is 6.58 Å². The molecule has 0 aliphatic carbocycles. The topological polar surface area (TPSA) is 3.24 Å². The van der Waals surface area contributed by atoms with Crippen LogP contribution in [0.25, 0.3) is 0 Å². The van der Waals surface area contributed by atoms with Crippen LogP contribution in [-0.2, 0) is 11.6 Å². The second kappa shape index (κ2) is 3.67. The van der Waals surface area contributed by atoms with Gasteiger partial charge in [-0.15, -0.1) is 0 Å². The molecule has 0 saturated heterocycles. The Morgan fingerprint density at radius 3 is 2.33 bits per heavy atom. The number of hydrogen-bond donors (Lipinski definition) is 0. The zero-order chi connectivity index (χ0) is 13.9. The highest BCUT2D eigenvalue weighted by molar-refractivity contribution is 6.33. The van der Waals surface area contributed by atoms with Crippen LogP contribution in [0.5, 0.6) is 0 Å². The molecule has 2 rings (SSSR count). The Labute approximate surface area is 109 Å². The van der Waals surface area contributed by atoms with Crippen LogP contribution in [0.1, 0.15) is 25.0 Å². The third-order valence-corrected chi connectivity index (χ3v) is 3.83. The standard InChI is InChI=1S/C13H13ClF3N/c1-7-12(2,3)10-8(13(15,16)17)5-6-9(14)11(10)18(7)4/h5-6H,1H2,2-4H3. The molecule has 1 aliphatic rings. The average Bonchev–Trinajstić information content (AvgIpc) is 2.40. The van der Waals surface area contributed by atoms with Gasteiger partial charge in [-0.3, -0.25) is 0 Å². The monoisotopic (exact) mass is 275 g/mol. The van der Waals surface area contributed by atoms with E-state index in [0.29, 0.717) is 16.4 Å². The number of benzene rings is 1. The summed E-state index contributed by atoms with van der Waals surface area (Å²) in [7, 11) is 1.68. The molecule has 1 aromatic carbocycles. The molecular weight excluding hydrogens is 263 g/mol. The lowest BCUT2D eigenvalue weighted by atomic mass is 9.81. The molecule has 0 amide bonds. The molecule has 0 unspecified atom stereocenters. The van der Waals surface area contributed by atoms with Gasteiger partial charge in [0.05, 0.1) is 16.3 Å². The first-order valence-electron chi connectivity index (χ1n) is 5.41. The van der Waals surface area contributed by atoms with E-state index in [1.54, 1.807) is 25.8 Å². The Bertz CT molecular complexity index is 532. The molecule has 0 spiro atoms. The van der Waals surface area contributed by atoms with Crippen LogP contribution in [0, 0.1) is 0 Å². The van der Waals surface area contributed by atoms with E-state index in [-0.39, 0.29) is 5.56 Å². The van der Waals surface area contributed by atoms with E-state index in [1.165, 1.54) is 6.07 Å². The highest BCUT2D eigenvalue weighted by Gasteiger charge is 2.46. The maximum absolute atomic E-state index is 13.1. The molecule has 0 saturated carbocycles. The lowest BCUT2D eigenvalue weighted by Gasteiger charge is -2.24. The Kier molecular flexibility index (Phi) is 2.71. The van der Waals surface area contributed by atoms with Crippen molar-refractivity contribution in [2.24, 2.45) is 0 Å². The molecule has 1 aliphatic heterocycles. The number of nitrogens with zero attached hydrogens (tertiary/aromatic N) is 1. The molecule has 98 valence electrons. The summed E-state index contributed by atoms with van der Waals surface area (Å²) in [5.41, 5.74) is -0.204. The zero-order valence-corrected chi connectivity index (χ0v) is 11.1. The van der Waals surface area contributed by atoms with Crippen molar-refractivity contribution in [1.29, 1.82) is 0 Å². The van der Waals surface area contributed by atoms with Crippen LogP contribution in [0.15, 0.2) is 24.4 Å². The highest BCUT2D eigenvalue weighted by atomic mass is 35.5. The second-order valence-corrected chi connectivity index (χ2v) is 5.35. The number of hydrogen-bond acceptors (Lipinski definition) is 1. The van der Waals surface area contributed by atoms with E-state index < -0.39 is 17.2 Å². The van der Waals surface area contributed by atoms with E-state index in [1.807, 2.05) is 0 Å². The number of alkyl halides is 3. The van der Waals surface area contributed by atoms with Gasteiger partial charge < -0.3 is 4.90 Å². The van der Waals surface area contributed by atoms with E-state index in [9.17, 15) is 13.2 Å². The molecule has 0 atom stereocenters. The van der Waals surface area contributed by atoms with Crippen LogP contribution in [0.3, 0.4) is 0 Å². The van der Waals surface area contributed by atoms with Crippen molar-refractivity contribution in [3.05, 3.63) is 40.6 Å². The maximum atomic E-state index is 13.1. The number of halogens is 4. The van der Waals surface area contributed by atoms with Gasteiger partial charge in [0, 0.05) is 23.7 Å². The first kappa shape index (κ1) is 13.3. The van der Waals surface area contributed by atoms with Gasteiger partial charge in [-0.2, -0.15) is 13.2 Å². The quantitative estimate of drug-likeness (QED) is 0.669. The second-order valence-electron chi connectivity index (χ2n) is 4.95. The van der Waals surface area contributed by atoms with E-state index >= 15 is 0 Å². The van der Waals surface area contributed by atoms with Crippen LogP contribution >= 0.6 is 11.6 Å². The summed E-state index contributed by atoms with van der Waals surface area (Å²) in [6.45, 7) is 7.32. The Hall–Kier alpha value is -1.16. The molecule has 5 heteroatoms. The number of fused-ring (bicyclic) bond motifs is 1. The third kappa shape index (κ3) is 1.62. The summed E-state index contributed by atoms with van der Waals surface area (Å²) in [6.07, 6.45) is -4.39. The van der Waals surface area contributed by atoms with Crippen LogP contribution in [-0.4, -0.2) is 7.05 Å². The number of allylic oxidation sites excluding steroid dienone is 1. The van der Waals surface area contributed by atoms with Crippen LogP contribution in [0.2, 0.25) is 5.02 Å². The molecular formula is C13H13ClF3N. The third-order valence-electron chi connectivity index (χ3n) is 3.52. The SMILES string of the molecule is C=C1N(C)c2c(Cl)ccc(C(F)(F)F)c2C1(C)C. The molecule has 0 N–H and O–H groups in total. The van der Waals surface area contributed by atoms with Crippen molar-refractivity contribution >= 4 is 17.3 Å². The van der Waals surface area contributed by atoms with Crippen molar-refractivity contribution in [2.75, 3.05) is 11.9 Å². The summed E-state index contributed by atoms with van der Waals surface area (Å²) in [5, 5.41) is 0.312.